The van der Waals surface area contributed by atoms with E-state index in [1.165, 1.54) is 12.1 Å². The fourth-order valence-corrected chi connectivity index (χ4v) is 1.53. The summed E-state index contributed by atoms with van der Waals surface area (Å²) < 4.78 is 18.3. The Labute approximate surface area is 102 Å². The van der Waals surface area contributed by atoms with Gasteiger partial charge in [0.1, 0.15) is 5.69 Å². The van der Waals surface area contributed by atoms with Gasteiger partial charge >= 0.3 is 5.69 Å². The van der Waals surface area contributed by atoms with Crippen LogP contribution in [0.1, 0.15) is 11.5 Å². The molecule has 0 atom stereocenters. The summed E-state index contributed by atoms with van der Waals surface area (Å²) in [7, 11) is 0. The van der Waals surface area contributed by atoms with Crippen LogP contribution >= 0.6 is 0 Å². The lowest BCUT2D eigenvalue weighted by Gasteiger charge is -2.05. The number of hydrogen-bond donors (Lipinski definition) is 1. The van der Waals surface area contributed by atoms with E-state index in [2.05, 4.69) is 10.5 Å². The molecule has 0 bridgehead atoms. The number of para-hydroxylation sites is 1. The fourth-order valence-electron chi connectivity index (χ4n) is 1.53. The van der Waals surface area contributed by atoms with Crippen molar-refractivity contribution < 1.29 is 13.8 Å². The van der Waals surface area contributed by atoms with Gasteiger partial charge in [-0.05, 0) is 19.1 Å². The Morgan fingerprint density at radius 3 is 2.94 bits per heavy atom. The Morgan fingerprint density at radius 1 is 1.56 bits per heavy atom. The zero-order valence-electron chi connectivity index (χ0n) is 9.51. The van der Waals surface area contributed by atoms with Crippen molar-refractivity contribution in [1.82, 2.24) is 5.16 Å². The molecule has 0 radical (unpaired) electrons. The summed E-state index contributed by atoms with van der Waals surface area (Å²) in [4.78, 5) is 9.99. The molecule has 7 heteroatoms. The van der Waals surface area contributed by atoms with Crippen LogP contribution < -0.4 is 5.32 Å². The van der Waals surface area contributed by atoms with E-state index in [0.717, 1.165) is 6.07 Å². The molecule has 0 saturated carbocycles. The van der Waals surface area contributed by atoms with E-state index in [1.54, 1.807) is 13.0 Å². The van der Waals surface area contributed by atoms with Crippen LogP contribution in [0, 0.1) is 22.9 Å². The molecule has 1 heterocycles. The number of nitrogens with zero attached hydrogens (tertiary/aromatic N) is 2. The van der Waals surface area contributed by atoms with Crippen LogP contribution in [-0.4, -0.2) is 10.1 Å². The molecule has 1 N–H and O–H groups in total. The van der Waals surface area contributed by atoms with Crippen LogP contribution in [0.15, 0.2) is 28.8 Å². The predicted octanol–water partition coefficient (Wildman–Crippen LogP) is 2.64. The molecule has 0 fully saturated rings. The van der Waals surface area contributed by atoms with Crippen molar-refractivity contribution in [2.24, 2.45) is 0 Å². The second-order valence-corrected chi connectivity index (χ2v) is 3.68. The maximum atomic E-state index is 13.3. The molecule has 0 saturated heterocycles. The maximum absolute atomic E-state index is 13.3. The zero-order valence-corrected chi connectivity index (χ0v) is 9.51. The molecule has 0 aliphatic rings. The van der Waals surface area contributed by atoms with Gasteiger partial charge < -0.3 is 9.84 Å². The molecule has 0 amide bonds. The van der Waals surface area contributed by atoms with Crippen LogP contribution in [0.2, 0.25) is 0 Å². The molecule has 0 spiro atoms. The number of halogens is 1. The third-order valence-corrected chi connectivity index (χ3v) is 2.30. The van der Waals surface area contributed by atoms with Crippen LogP contribution in [0.3, 0.4) is 0 Å². The lowest BCUT2D eigenvalue weighted by Crippen LogP contribution is -2.03. The van der Waals surface area contributed by atoms with Crippen molar-refractivity contribution in [2.75, 3.05) is 5.32 Å². The minimum absolute atomic E-state index is 0.106. The number of hydrogen-bond acceptors (Lipinski definition) is 5. The Kier molecular flexibility index (Phi) is 3.22. The van der Waals surface area contributed by atoms with Crippen LogP contribution in [0.5, 0.6) is 0 Å². The predicted molar refractivity (Wildman–Crippen MR) is 61.6 cm³/mol. The molecule has 1 aromatic carbocycles. The van der Waals surface area contributed by atoms with Gasteiger partial charge in [-0.1, -0.05) is 11.2 Å². The van der Waals surface area contributed by atoms with Crippen LogP contribution in [-0.2, 0) is 6.54 Å². The van der Waals surface area contributed by atoms with Gasteiger partial charge in [-0.2, -0.15) is 4.39 Å². The number of benzene rings is 1. The second-order valence-electron chi connectivity index (χ2n) is 3.68. The van der Waals surface area contributed by atoms with Crippen LogP contribution in [0.4, 0.5) is 15.8 Å². The Balaban J connectivity index is 2.19. The number of nitro benzene ring substituents is 1. The first-order chi connectivity index (χ1) is 8.58. The van der Waals surface area contributed by atoms with Crippen molar-refractivity contribution in [2.45, 2.75) is 13.5 Å². The minimum atomic E-state index is -0.876. The number of aryl methyl sites for hydroxylation is 1. The number of nitro groups is 1. The molecule has 94 valence electrons. The molecule has 2 rings (SSSR count). The molecular weight excluding hydrogens is 241 g/mol. The molecule has 6 nitrogen and oxygen atoms in total. The maximum Gasteiger partial charge on any atom is 0.327 e. The van der Waals surface area contributed by atoms with E-state index in [4.69, 9.17) is 4.52 Å². The fraction of sp³-hybridized carbons (Fsp3) is 0.182. The average Bonchev–Trinajstić information content (AvgIpc) is 2.72. The zero-order chi connectivity index (χ0) is 13.1. The third-order valence-electron chi connectivity index (χ3n) is 2.30. The lowest BCUT2D eigenvalue weighted by atomic mass is 10.2. The highest BCUT2D eigenvalue weighted by atomic mass is 19.1. The number of rotatable bonds is 4. The summed E-state index contributed by atoms with van der Waals surface area (Å²) in [5.74, 6) is -0.357. The molecular formula is C11H10FN3O3. The monoisotopic (exact) mass is 251 g/mol. The van der Waals surface area contributed by atoms with E-state index in [9.17, 15) is 14.5 Å². The highest BCUT2D eigenvalue weighted by Crippen LogP contribution is 2.27. The van der Waals surface area contributed by atoms with E-state index < -0.39 is 16.4 Å². The van der Waals surface area contributed by atoms with E-state index in [0.29, 0.717) is 11.5 Å². The van der Waals surface area contributed by atoms with Gasteiger partial charge in [-0.15, -0.1) is 0 Å². The Bertz CT molecular complexity index is 583. The largest absolute Gasteiger partial charge is 0.372 e. The topological polar surface area (TPSA) is 81.2 Å². The van der Waals surface area contributed by atoms with Gasteiger partial charge in [0, 0.05) is 6.07 Å². The smallest absolute Gasteiger partial charge is 0.327 e. The molecule has 0 aliphatic carbocycles. The highest BCUT2D eigenvalue weighted by Gasteiger charge is 2.19. The highest BCUT2D eigenvalue weighted by molar-refractivity contribution is 5.61. The van der Waals surface area contributed by atoms with Crippen molar-refractivity contribution >= 4 is 11.4 Å². The first-order valence-corrected chi connectivity index (χ1v) is 5.17. The number of aromatic nitrogens is 1. The Morgan fingerprint density at radius 2 is 2.33 bits per heavy atom. The SMILES string of the molecule is Cc1cc(CNc2cccc(F)c2[N+](=O)[O-])on1. The van der Waals surface area contributed by atoms with E-state index >= 15 is 0 Å². The van der Waals surface area contributed by atoms with E-state index in [1.807, 2.05) is 0 Å². The molecule has 1 aromatic heterocycles. The number of nitrogens with one attached hydrogen (secondary N) is 1. The summed E-state index contributed by atoms with van der Waals surface area (Å²) in [6.07, 6.45) is 0. The molecule has 0 aliphatic heterocycles. The van der Waals surface area contributed by atoms with Crippen molar-refractivity contribution in [1.29, 1.82) is 0 Å². The summed E-state index contributed by atoms with van der Waals surface area (Å²) in [6.45, 7) is 1.96. The van der Waals surface area contributed by atoms with Crippen molar-refractivity contribution in [3.63, 3.8) is 0 Å². The van der Waals surface area contributed by atoms with Gasteiger partial charge in [0.15, 0.2) is 5.76 Å². The van der Waals surface area contributed by atoms with Crippen LogP contribution in [0.25, 0.3) is 0 Å². The summed E-state index contributed by atoms with van der Waals surface area (Å²) in [5, 5.41) is 17.2. The summed E-state index contributed by atoms with van der Waals surface area (Å²) >= 11 is 0. The number of anilines is 1. The van der Waals surface area contributed by atoms with Gasteiger partial charge in [-0.25, -0.2) is 0 Å². The molecule has 18 heavy (non-hydrogen) atoms. The van der Waals surface area contributed by atoms with E-state index in [-0.39, 0.29) is 12.2 Å². The first kappa shape index (κ1) is 12.0. The van der Waals surface area contributed by atoms with Gasteiger partial charge in [0.05, 0.1) is 17.2 Å². The van der Waals surface area contributed by atoms with Crippen molar-refractivity contribution in [3.8, 4) is 0 Å². The third kappa shape index (κ3) is 2.45. The molecule has 0 unspecified atom stereocenters. The van der Waals surface area contributed by atoms with Gasteiger partial charge in [-0.3, -0.25) is 10.1 Å². The minimum Gasteiger partial charge on any atom is -0.372 e. The lowest BCUT2D eigenvalue weighted by molar-refractivity contribution is -0.386. The summed E-state index contributed by atoms with van der Waals surface area (Å²) in [5.41, 5.74) is 0.239. The standard InChI is InChI=1S/C11H10FN3O3/c1-7-5-8(18-14-7)6-13-10-4-2-3-9(12)11(10)15(16)17/h2-5,13H,6H2,1H3. The summed E-state index contributed by atoms with van der Waals surface area (Å²) in [6, 6.07) is 5.57. The quantitative estimate of drug-likeness (QED) is 0.667. The Hall–Kier alpha value is -2.44. The molecule has 2 aromatic rings. The van der Waals surface area contributed by atoms with Gasteiger partial charge in [0.25, 0.3) is 0 Å². The second kappa shape index (κ2) is 4.82. The first-order valence-electron chi connectivity index (χ1n) is 5.17. The van der Waals surface area contributed by atoms with Gasteiger partial charge in [0.2, 0.25) is 5.82 Å². The average molecular weight is 251 g/mol. The normalized spacial score (nSPS) is 10.3. The van der Waals surface area contributed by atoms with Crippen molar-refractivity contribution in [3.05, 3.63) is 51.7 Å².